The highest BCUT2D eigenvalue weighted by molar-refractivity contribution is 5.91. The molecule has 0 atom stereocenters. The third-order valence-corrected chi connectivity index (χ3v) is 2.22. The second kappa shape index (κ2) is 3.24. The van der Waals surface area contributed by atoms with Gasteiger partial charge in [0.1, 0.15) is 0 Å². The lowest BCUT2D eigenvalue weighted by Crippen LogP contribution is -2.29. The fourth-order valence-electron chi connectivity index (χ4n) is 1.48. The molecule has 0 unspecified atom stereocenters. The molecule has 76 valence electrons. The van der Waals surface area contributed by atoms with Crippen LogP contribution in [-0.4, -0.2) is 11.0 Å². The van der Waals surface area contributed by atoms with E-state index in [-0.39, 0.29) is 5.56 Å². The van der Waals surface area contributed by atoms with E-state index in [2.05, 4.69) is 4.98 Å². The van der Waals surface area contributed by atoms with Crippen molar-refractivity contribution in [3.8, 4) is 0 Å². The maximum Gasteiger partial charge on any atom is 0.257 e. The SMILES string of the molecule is Cc1ccc2[nH]c(=O)c(C(=O)[O-])cc2c1. The van der Waals surface area contributed by atoms with E-state index in [1.807, 2.05) is 13.0 Å². The zero-order valence-corrected chi connectivity index (χ0v) is 8.03. The number of hydrogen-bond donors (Lipinski definition) is 1. The summed E-state index contributed by atoms with van der Waals surface area (Å²) in [5.41, 5.74) is 0.647. The molecule has 0 fully saturated rings. The van der Waals surface area contributed by atoms with Gasteiger partial charge in [0.15, 0.2) is 0 Å². The van der Waals surface area contributed by atoms with E-state index in [0.29, 0.717) is 10.9 Å². The van der Waals surface area contributed by atoms with Gasteiger partial charge in [-0.3, -0.25) is 4.79 Å². The molecule has 0 spiro atoms. The molecule has 0 amide bonds. The van der Waals surface area contributed by atoms with Crippen LogP contribution in [0.3, 0.4) is 0 Å². The lowest BCUT2D eigenvalue weighted by Gasteiger charge is -2.04. The molecule has 4 nitrogen and oxygen atoms in total. The predicted molar refractivity (Wildman–Crippen MR) is 53.6 cm³/mol. The number of pyridine rings is 1. The van der Waals surface area contributed by atoms with Crippen LogP contribution in [0.1, 0.15) is 15.9 Å². The summed E-state index contributed by atoms with van der Waals surface area (Å²) in [5.74, 6) is -1.46. The lowest BCUT2D eigenvalue weighted by molar-refractivity contribution is -0.255. The van der Waals surface area contributed by atoms with Crippen molar-refractivity contribution >= 4 is 16.9 Å². The minimum atomic E-state index is -1.46. The molecule has 1 heterocycles. The number of carboxylic acid groups (broad SMARTS) is 1. The molecule has 0 aliphatic heterocycles. The molecule has 0 radical (unpaired) electrons. The van der Waals surface area contributed by atoms with Crippen LogP contribution in [0.25, 0.3) is 10.9 Å². The topological polar surface area (TPSA) is 73.0 Å². The van der Waals surface area contributed by atoms with Crippen molar-refractivity contribution in [1.82, 2.24) is 4.98 Å². The van der Waals surface area contributed by atoms with E-state index in [1.165, 1.54) is 6.07 Å². The Balaban J connectivity index is 2.83. The van der Waals surface area contributed by atoms with Gasteiger partial charge in [-0.15, -0.1) is 0 Å². The van der Waals surface area contributed by atoms with Gasteiger partial charge in [0.05, 0.1) is 11.5 Å². The number of nitrogens with one attached hydrogen (secondary N) is 1. The van der Waals surface area contributed by atoms with Gasteiger partial charge in [0, 0.05) is 5.52 Å². The van der Waals surface area contributed by atoms with Crippen molar-refractivity contribution in [2.75, 3.05) is 0 Å². The summed E-state index contributed by atoms with van der Waals surface area (Å²) >= 11 is 0. The van der Waals surface area contributed by atoms with Gasteiger partial charge < -0.3 is 14.9 Å². The number of carboxylic acids is 1. The third-order valence-electron chi connectivity index (χ3n) is 2.22. The van der Waals surface area contributed by atoms with Crippen LogP contribution < -0.4 is 10.7 Å². The molecule has 0 aliphatic carbocycles. The number of carbonyl (C=O) groups is 1. The van der Waals surface area contributed by atoms with Crippen molar-refractivity contribution in [2.24, 2.45) is 0 Å². The minimum absolute atomic E-state index is 0.340. The molecule has 2 rings (SSSR count). The zero-order chi connectivity index (χ0) is 11.0. The average molecular weight is 202 g/mol. The first-order valence-electron chi connectivity index (χ1n) is 4.43. The average Bonchev–Trinajstić information content (AvgIpc) is 2.17. The van der Waals surface area contributed by atoms with Crippen LogP contribution in [0.4, 0.5) is 0 Å². The van der Waals surface area contributed by atoms with E-state index >= 15 is 0 Å². The normalized spacial score (nSPS) is 10.5. The Morgan fingerprint density at radius 3 is 2.73 bits per heavy atom. The molecular weight excluding hydrogens is 194 g/mol. The summed E-state index contributed by atoms with van der Waals surface area (Å²) in [5, 5.41) is 11.3. The summed E-state index contributed by atoms with van der Waals surface area (Å²) in [6, 6.07) is 6.72. The first-order chi connectivity index (χ1) is 7.08. The number of aromatic carboxylic acids is 1. The fourth-order valence-corrected chi connectivity index (χ4v) is 1.48. The minimum Gasteiger partial charge on any atom is -0.545 e. The van der Waals surface area contributed by atoms with E-state index in [9.17, 15) is 14.7 Å². The van der Waals surface area contributed by atoms with Gasteiger partial charge in [-0.05, 0) is 30.5 Å². The van der Waals surface area contributed by atoms with Gasteiger partial charge in [-0.2, -0.15) is 0 Å². The molecule has 1 aromatic heterocycles. The van der Waals surface area contributed by atoms with E-state index < -0.39 is 11.5 Å². The maximum absolute atomic E-state index is 11.3. The molecule has 0 saturated carbocycles. The van der Waals surface area contributed by atoms with Crippen molar-refractivity contribution in [2.45, 2.75) is 6.92 Å². The smallest absolute Gasteiger partial charge is 0.257 e. The predicted octanol–water partition coefficient (Wildman–Crippen LogP) is 0.200. The van der Waals surface area contributed by atoms with Crippen LogP contribution >= 0.6 is 0 Å². The molecule has 4 heteroatoms. The Morgan fingerprint density at radius 1 is 1.33 bits per heavy atom. The quantitative estimate of drug-likeness (QED) is 0.717. The zero-order valence-electron chi connectivity index (χ0n) is 8.03. The molecule has 1 aromatic carbocycles. The number of aromatic nitrogens is 1. The number of aryl methyl sites for hydroxylation is 1. The second-order valence-corrected chi connectivity index (χ2v) is 3.39. The van der Waals surface area contributed by atoms with Crippen LogP contribution in [0.15, 0.2) is 29.1 Å². The van der Waals surface area contributed by atoms with Crippen LogP contribution in [0, 0.1) is 6.92 Å². The number of fused-ring (bicyclic) bond motifs is 1. The Morgan fingerprint density at radius 2 is 2.07 bits per heavy atom. The van der Waals surface area contributed by atoms with Crippen molar-refractivity contribution < 1.29 is 9.90 Å². The number of benzene rings is 1. The number of hydrogen-bond acceptors (Lipinski definition) is 3. The number of rotatable bonds is 1. The Hall–Kier alpha value is -2.10. The highest BCUT2D eigenvalue weighted by Crippen LogP contribution is 2.12. The lowest BCUT2D eigenvalue weighted by atomic mass is 10.1. The number of aromatic amines is 1. The first kappa shape index (κ1) is 9.45. The Kier molecular flexibility index (Phi) is 2.04. The second-order valence-electron chi connectivity index (χ2n) is 3.39. The largest absolute Gasteiger partial charge is 0.545 e. The van der Waals surface area contributed by atoms with Crippen molar-refractivity contribution in [1.29, 1.82) is 0 Å². The van der Waals surface area contributed by atoms with Crippen LogP contribution in [0.5, 0.6) is 0 Å². The van der Waals surface area contributed by atoms with E-state index in [4.69, 9.17) is 0 Å². The van der Waals surface area contributed by atoms with Crippen molar-refractivity contribution in [3.63, 3.8) is 0 Å². The summed E-state index contributed by atoms with van der Waals surface area (Å²) in [6.07, 6.45) is 0. The van der Waals surface area contributed by atoms with Crippen LogP contribution in [-0.2, 0) is 0 Å². The van der Waals surface area contributed by atoms with E-state index in [0.717, 1.165) is 5.56 Å². The summed E-state index contributed by atoms with van der Waals surface area (Å²) in [4.78, 5) is 24.4. The van der Waals surface area contributed by atoms with Gasteiger partial charge in [-0.25, -0.2) is 0 Å². The molecular formula is C11H8NO3-. The summed E-state index contributed by atoms with van der Waals surface area (Å²) < 4.78 is 0. The first-order valence-corrected chi connectivity index (χ1v) is 4.43. The Bertz CT molecular complexity index is 598. The Labute approximate surface area is 85.2 Å². The van der Waals surface area contributed by atoms with Gasteiger partial charge >= 0.3 is 0 Å². The van der Waals surface area contributed by atoms with Gasteiger partial charge in [0.25, 0.3) is 5.56 Å². The summed E-state index contributed by atoms with van der Waals surface area (Å²) in [7, 11) is 0. The molecule has 15 heavy (non-hydrogen) atoms. The highest BCUT2D eigenvalue weighted by atomic mass is 16.4. The third kappa shape index (κ3) is 1.61. The fraction of sp³-hybridized carbons (Fsp3) is 0.0909. The van der Waals surface area contributed by atoms with Crippen molar-refractivity contribution in [3.05, 3.63) is 45.7 Å². The maximum atomic E-state index is 11.3. The number of H-pyrrole nitrogens is 1. The van der Waals surface area contributed by atoms with Crippen LogP contribution in [0.2, 0.25) is 0 Å². The highest BCUT2D eigenvalue weighted by Gasteiger charge is 2.03. The number of carbonyl (C=O) groups excluding carboxylic acids is 1. The molecule has 1 N–H and O–H groups in total. The van der Waals surface area contributed by atoms with E-state index in [1.54, 1.807) is 12.1 Å². The molecule has 0 saturated heterocycles. The van der Waals surface area contributed by atoms with Gasteiger partial charge in [-0.1, -0.05) is 11.6 Å². The summed E-state index contributed by atoms with van der Waals surface area (Å²) in [6.45, 7) is 1.89. The monoisotopic (exact) mass is 202 g/mol. The molecule has 0 bridgehead atoms. The molecule has 2 aromatic rings. The molecule has 0 aliphatic rings. The standard InChI is InChI=1S/C11H9NO3/c1-6-2-3-9-7(4-6)5-8(11(14)15)10(13)12-9/h2-5H,1H3,(H,12,13)(H,14,15)/p-1. The van der Waals surface area contributed by atoms with Gasteiger partial charge in [0.2, 0.25) is 0 Å².